The van der Waals surface area contributed by atoms with Crippen molar-refractivity contribution in [1.82, 2.24) is 14.9 Å². The van der Waals surface area contributed by atoms with Crippen LogP contribution >= 0.6 is 0 Å². The van der Waals surface area contributed by atoms with E-state index in [1.807, 2.05) is 6.92 Å². The van der Waals surface area contributed by atoms with E-state index in [9.17, 15) is 22.0 Å². The highest BCUT2D eigenvalue weighted by Crippen LogP contribution is 2.36. The third kappa shape index (κ3) is 6.39. The summed E-state index contributed by atoms with van der Waals surface area (Å²) in [5.74, 6) is -1.65. The van der Waals surface area contributed by atoms with Gasteiger partial charge < -0.3 is 15.0 Å². The van der Waals surface area contributed by atoms with Gasteiger partial charge in [0.1, 0.15) is 0 Å². The summed E-state index contributed by atoms with van der Waals surface area (Å²) in [6.07, 6.45) is 5.12. The van der Waals surface area contributed by atoms with Crippen molar-refractivity contribution in [3.63, 3.8) is 0 Å². The number of urea groups is 1. The highest BCUT2D eigenvalue weighted by Gasteiger charge is 2.37. The van der Waals surface area contributed by atoms with Gasteiger partial charge in [0.05, 0.1) is 25.0 Å². The quantitative estimate of drug-likeness (QED) is 0.637. The number of nitrogens with one attached hydrogen (secondary N) is 2. The fourth-order valence-corrected chi connectivity index (χ4v) is 5.62. The molecule has 1 aliphatic heterocycles. The molecular weight excluding hydrogens is 440 g/mol. The van der Waals surface area contributed by atoms with Crippen LogP contribution in [-0.4, -0.2) is 63.5 Å². The van der Waals surface area contributed by atoms with Gasteiger partial charge in [-0.1, -0.05) is 12.1 Å². The molecular formula is C22H33F2N3O4S. The number of carbonyl (C=O) groups is 1. The lowest BCUT2D eigenvalue weighted by Crippen LogP contribution is -2.60. The summed E-state index contributed by atoms with van der Waals surface area (Å²) in [5, 5.41) is 2.79. The van der Waals surface area contributed by atoms with Crippen LogP contribution in [0.5, 0.6) is 0 Å². The van der Waals surface area contributed by atoms with Crippen molar-refractivity contribution in [3.05, 3.63) is 35.4 Å². The molecule has 0 bridgehead atoms. The van der Waals surface area contributed by atoms with Crippen molar-refractivity contribution in [2.45, 2.75) is 69.6 Å². The standard InChI is InChI=1S/C22H33F2N3O4S/c1-3-25-22(28)27-13-5-8-19(26-32(2,29)30)20(27)14-31-16-11-9-15(10-12-16)17-6-4-7-18(23)21(17)24/h4,6-7,15-16,19-20,26H,3,5,8-14H2,1-2H3,(H,25,28)/t15?,16?,19-,20-/m0/s1. The average Bonchev–Trinajstić information content (AvgIpc) is 2.74. The molecule has 2 N–H and O–H groups in total. The normalized spacial score (nSPS) is 26.7. The Balaban J connectivity index is 1.62. The van der Waals surface area contributed by atoms with E-state index in [0.717, 1.165) is 12.3 Å². The molecule has 1 aliphatic carbocycles. The number of halogens is 2. The minimum atomic E-state index is -3.44. The first-order valence-electron chi connectivity index (χ1n) is 11.3. The summed E-state index contributed by atoms with van der Waals surface area (Å²) in [5.41, 5.74) is 0.413. The Labute approximate surface area is 188 Å². The fourth-order valence-electron chi connectivity index (χ4n) is 4.79. The van der Waals surface area contributed by atoms with Gasteiger partial charge >= 0.3 is 6.03 Å². The first-order valence-corrected chi connectivity index (χ1v) is 13.2. The van der Waals surface area contributed by atoms with Gasteiger partial charge in [-0.2, -0.15) is 0 Å². The molecule has 1 saturated carbocycles. The highest BCUT2D eigenvalue weighted by atomic mass is 32.2. The number of sulfonamides is 1. The molecule has 0 radical (unpaired) electrons. The smallest absolute Gasteiger partial charge is 0.317 e. The SMILES string of the molecule is CCNC(=O)N1CCC[C@H](NS(C)(=O)=O)[C@@H]1COC1CCC(c2cccc(F)c2F)CC1. The third-order valence-corrected chi connectivity index (χ3v) is 7.06. The van der Waals surface area contributed by atoms with Crippen molar-refractivity contribution in [2.24, 2.45) is 0 Å². The van der Waals surface area contributed by atoms with Crippen LogP contribution in [0.4, 0.5) is 13.6 Å². The van der Waals surface area contributed by atoms with Gasteiger partial charge in [-0.25, -0.2) is 26.7 Å². The molecule has 1 aromatic carbocycles. The summed E-state index contributed by atoms with van der Waals surface area (Å²) < 4.78 is 60.2. The first-order chi connectivity index (χ1) is 15.2. The van der Waals surface area contributed by atoms with E-state index in [2.05, 4.69) is 10.0 Å². The Morgan fingerprint density at radius 1 is 1.19 bits per heavy atom. The van der Waals surface area contributed by atoms with Crippen LogP contribution in [0.3, 0.4) is 0 Å². The molecule has 2 atom stereocenters. The number of benzene rings is 1. The summed E-state index contributed by atoms with van der Waals surface area (Å²) >= 11 is 0. The van der Waals surface area contributed by atoms with Crippen LogP contribution in [-0.2, 0) is 14.8 Å². The lowest BCUT2D eigenvalue weighted by Gasteiger charge is -2.42. The topological polar surface area (TPSA) is 87.7 Å². The summed E-state index contributed by atoms with van der Waals surface area (Å²) in [4.78, 5) is 14.2. The van der Waals surface area contributed by atoms with Gasteiger partial charge in [-0.05, 0) is 63.0 Å². The summed E-state index contributed by atoms with van der Waals surface area (Å²) in [6, 6.07) is 3.23. The average molecular weight is 474 g/mol. The first kappa shape index (κ1) is 24.9. The van der Waals surface area contributed by atoms with Crippen LogP contribution in [0, 0.1) is 11.6 Å². The van der Waals surface area contributed by atoms with Crippen molar-refractivity contribution in [1.29, 1.82) is 0 Å². The molecule has 10 heteroatoms. The number of piperidine rings is 1. The molecule has 1 aromatic rings. The molecule has 3 rings (SSSR count). The van der Waals surface area contributed by atoms with E-state index in [1.165, 1.54) is 6.07 Å². The van der Waals surface area contributed by atoms with E-state index >= 15 is 0 Å². The lowest BCUT2D eigenvalue weighted by atomic mass is 9.82. The second kappa shape index (κ2) is 10.9. The fraction of sp³-hybridized carbons (Fsp3) is 0.682. The van der Waals surface area contributed by atoms with Crippen LogP contribution < -0.4 is 10.0 Å². The number of amides is 2. The van der Waals surface area contributed by atoms with Gasteiger partial charge in [0, 0.05) is 19.1 Å². The largest absolute Gasteiger partial charge is 0.376 e. The molecule has 2 amide bonds. The molecule has 1 heterocycles. The Morgan fingerprint density at radius 3 is 2.56 bits per heavy atom. The predicted molar refractivity (Wildman–Crippen MR) is 118 cm³/mol. The molecule has 0 unspecified atom stereocenters. The molecule has 1 saturated heterocycles. The molecule has 7 nitrogen and oxygen atoms in total. The van der Waals surface area contributed by atoms with Crippen LogP contribution in [0.15, 0.2) is 18.2 Å². The Morgan fingerprint density at radius 2 is 1.91 bits per heavy atom. The number of carbonyl (C=O) groups excluding carboxylic acids is 1. The van der Waals surface area contributed by atoms with Crippen molar-refractivity contribution in [2.75, 3.05) is 26.0 Å². The zero-order valence-corrected chi connectivity index (χ0v) is 19.5. The van der Waals surface area contributed by atoms with Crippen molar-refractivity contribution >= 4 is 16.1 Å². The van der Waals surface area contributed by atoms with Gasteiger partial charge in [0.25, 0.3) is 0 Å². The van der Waals surface area contributed by atoms with Crippen molar-refractivity contribution in [3.8, 4) is 0 Å². The predicted octanol–water partition coefficient (Wildman–Crippen LogP) is 3.12. The maximum atomic E-state index is 14.1. The van der Waals surface area contributed by atoms with E-state index in [-0.39, 0.29) is 24.7 Å². The number of hydrogen-bond acceptors (Lipinski definition) is 4. The molecule has 2 aliphatic rings. The second-order valence-electron chi connectivity index (χ2n) is 8.68. The zero-order valence-electron chi connectivity index (χ0n) is 18.6. The van der Waals surface area contributed by atoms with E-state index < -0.39 is 33.7 Å². The molecule has 32 heavy (non-hydrogen) atoms. The Kier molecular flexibility index (Phi) is 8.46. The maximum absolute atomic E-state index is 14.1. The van der Waals surface area contributed by atoms with Crippen LogP contribution in [0.2, 0.25) is 0 Å². The Bertz CT molecular complexity index is 891. The number of nitrogens with zero attached hydrogens (tertiary/aromatic N) is 1. The summed E-state index contributed by atoms with van der Waals surface area (Å²) in [7, 11) is -3.44. The monoisotopic (exact) mass is 473 g/mol. The van der Waals surface area contributed by atoms with E-state index in [0.29, 0.717) is 57.2 Å². The molecule has 0 spiro atoms. The third-order valence-electron chi connectivity index (χ3n) is 6.33. The molecule has 0 aromatic heterocycles. The second-order valence-corrected chi connectivity index (χ2v) is 10.5. The van der Waals surface area contributed by atoms with E-state index in [1.54, 1.807) is 11.0 Å². The molecule has 180 valence electrons. The van der Waals surface area contributed by atoms with Crippen LogP contribution in [0.1, 0.15) is 56.9 Å². The van der Waals surface area contributed by atoms with Gasteiger partial charge in [-0.15, -0.1) is 0 Å². The summed E-state index contributed by atoms with van der Waals surface area (Å²) in [6.45, 7) is 3.06. The lowest BCUT2D eigenvalue weighted by molar-refractivity contribution is -0.0175. The number of hydrogen-bond donors (Lipinski definition) is 2. The van der Waals surface area contributed by atoms with Gasteiger partial charge in [-0.3, -0.25) is 0 Å². The number of likely N-dealkylation sites (tertiary alicyclic amines) is 1. The molecule has 2 fully saturated rings. The maximum Gasteiger partial charge on any atom is 0.317 e. The Hall–Kier alpha value is -1.78. The number of rotatable bonds is 7. The minimum Gasteiger partial charge on any atom is -0.376 e. The van der Waals surface area contributed by atoms with Gasteiger partial charge in [0.2, 0.25) is 10.0 Å². The van der Waals surface area contributed by atoms with Crippen molar-refractivity contribution < 1.29 is 26.7 Å². The van der Waals surface area contributed by atoms with Crippen LogP contribution in [0.25, 0.3) is 0 Å². The van der Waals surface area contributed by atoms with E-state index in [4.69, 9.17) is 4.74 Å². The van der Waals surface area contributed by atoms with Gasteiger partial charge in [0.15, 0.2) is 11.6 Å². The number of ether oxygens (including phenoxy) is 1. The minimum absolute atomic E-state index is 0.0493. The highest BCUT2D eigenvalue weighted by molar-refractivity contribution is 7.88. The zero-order chi connectivity index (χ0) is 23.3.